The van der Waals surface area contributed by atoms with Gasteiger partial charge in [0.05, 0.1) is 5.52 Å². The molecule has 0 aliphatic carbocycles. The monoisotopic (exact) mass is 292 g/mol. The van der Waals surface area contributed by atoms with E-state index in [0.717, 1.165) is 11.1 Å². The lowest BCUT2D eigenvalue weighted by atomic mass is 10.1. The maximum atomic E-state index is 12.6. The van der Waals surface area contributed by atoms with E-state index in [1.807, 2.05) is 50.4 Å². The van der Waals surface area contributed by atoms with Crippen molar-refractivity contribution in [3.05, 3.63) is 76.1 Å². The van der Waals surface area contributed by atoms with Crippen LogP contribution in [0, 0.1) is 6.92 Å². The predicted molar refractivity (Wildman–Crippen MR) is 88.3 cm³/mol. The van der Waals surface area contributed by atoms with Crippen LogP contribution >= 0.6 is 0 Å². The maximum absolute atomic E-state index is 12.6. The number of hydrogen-bond acceptors (Lipinski definition) is 2. The predicted octanol–water partition coefficient (Wildman–Crippen LogP) is 3.10. The number of amides is 1. The second-order valence-electron chi connectivity index (χ2n) is 5.32. The van der Waals surface area contributed by atoms with Gasteiger partial charge in [-0.1, -0.05) is 29.8 Å². The highest BCUT2D eigenvalue weighted by molar-refractivity contribution is 6.05. The Morgan fingerprint density at radius 1 is 1.09 bits per heavy atom. The highest BCUT2D eigenvalue weighted by Crippen LogP contribution is 2.14. The summed E-state index contributed by atoms with van der Waals surface area (Å²) in [7, 11) is 1.83. The minimum Gasteiger partial charge on any atom is -0.350 e. The number of carbonyl (C=O) groups is 1. The van der Waals surface area contributed by atoms with Crippen molar-refractivity contribution in [3.8, 4) is 0 Å². The van der Waals surface area contributed by atoms with Gasteiger partial charge in [0.15, 0.2) is 0 Å². The summed E-state index contributed by atoms with van der Waals surface area (Å²) in [6.45, 7) is 1.93. The Morgan fingerprint density at radius 2 is 1.82 bits per heavy atom. The SMILES string of the molecule is Cc1ccc2c(c1)c(=O)c(C(=O)Nc1ccccc1)cn2C. The van der Waals surface area contributed by atoms with E-state index in [-0.39, 0.29) is 11.0 Å². The number of fused-ring (bicyclic) bond motifs is 1. The summed E-state index contributed by atoms with van der Waals surface area (Å²) in [5.74, 6) is -0.393. The normalized spacial score (nSPS) is 10.6. The molecule has 0 saturated carbocycles. The molecule has 0 atom stereocenters. The number of nitrogens with one attached hydrogen (secondary N) is 1. The van der Waals surface area contributed by atoms with Crippen LogP contribution in [0.4, 0.5) is 5.69 Å². The molecule has 1 N–H and O–H groups in total. The molecule has 0 radical (unpaired) electrons. The van der Waals surface area contributed by atoms with Crippen LogP contribution in [0.3, 0.4) is 0 Å². The molecule has 4 nitrogen and oxygen atoms in total. The number of aryl methyl sites for hydroxylation is 2. The quantitative estimate of drug-likeness (QED) is 0.789. The number of carbonyl (C=O) groups excluding carboxylic acids is 1. The van der Waals surface area contributed by atoms with E-state index in [4.69, 9.17) is 0 Å². The van der Waals surface area contributed by atoms with Crippen LogP contribution in [0.15, 0.2) is 59.5 Å². The molecule has 0 fully saturated rings. The number of anilines is 1. The van der Waals surface area contributed by atoms with Gasteiger partial charge in [0, 0.05) is 24.3 Å². The van der Waals surface area contributed by atoms with Crippen LogP contribution < -0.4 is 10.7 Å². The Morgan fingerprint density at radius 3 is 2.55 bits per heavy atom. The fourth-order valence-corrected chi connectivity index (χ4v) is 2.49. The van der Waals surface area contributed by atoms with Gasteiger partial charge >= 0.3 is 0 Å². The van der Waals surface area contributed by atoms with Crippen molar-refractivity contribution in [2.24, 2.45) is 7.05 Å². The molecule has 0 bridgehead atoms. The fraction of sp³-hybridized carbons (Fsp3) is 0.111. The van der Waals surface area contributed by atoms with Crippen LogP contribution in [0.1, 0.15) is 15.9 Å². The van der Waals surface area contributed by atoms with Crippen molar-refractivity contribution < 1.29 is 4.79 Å². The minimum absolute atomic E-state index is 0.143. The lowest BCUT2D eigenvalue weighted by molar-refractivity contribution is 0.102. The molecular weight excluding hydrogens is 276 g/mol. The van der Waals surface area contributed by atoms with Crippen molar-refractivity contribution in [1.82, 2.24) is 4.57 Å². The Balaban J connectivity index is 2.09. The van der Waals surface area contributed by atoms with Crippen molar-refractivity contribution in [3.63, 3.8) is 0 Å². The maximum Gasteiger partial charge on any atom is 0.261 e. The van der Waals surface area contributed by atoms with E-state index in [1.165, 1.54) is 0 Å². The Labute approximate surface area is 128 Å². The van der Waals surface area contributed by atoms with E-state index in [2.05, 4.69) is 5.32 Å². The number of para-hydroxylation sites is 1. The second-order valence-corrected chi connectivity index (χ2v) is 5.32. The summed E-state index contributed by atoms with van der Waals surface area (Å²) in [5, 5.41) is 3.31. The van der Waals surface area contributed by atoms with E-state index < -0.39 is 5.91 Å². The average molecular weight is 292 g/mol. The lowest BCUT2D eigenvalue weighted by Crippen LogP contribution is -2.23. The molecule has 0 unspecified atom stereocenters. The summed E-state index contributed by atoms with van der Waals surface area (Å²) in [6.07, 6.45) is 1.58. The molecule has 0 aliphatic rings. The largest absolute Gasteiger partial charge is 0.350 e. The molecular formula is C18H16N2O2. The summed E-state index contributed by atoms with van der Waals surface area (Å²) >= 11 is 0. The van der Waals surface area contributed by atoms with Crippen molar-refractivity contribution in [1.29, 1.82) is 0 Å². The smallest absolute Gasteiger partial charge is 0.261 e. The zero-order chi connectivity index (χ0) is 15.7. The van der Waals surface area contributed by atoms with E-state index >= 15 is 0 Å². The summed E-state index contributed by atoms with van der Waals surface area (Å²) in [6, 6.07) is 14.8. The summed E-state index contributed by atoms with van der Waals surface area (Å²) in [5.41, 5.74) is 2.37. The number of pyridine rings is 1. The van der Waals surface area contributed by atoms with E-state index in [0.29, 0.717) is 11.1 Å². The van der Waals surface area contributed by atoms with Gasteiger partial charge in [-0.3, -0.25) is 9.59 Å². The number of hydrogen-bond donors (Lipinski definition) is 1. The van der Waals surface area contributed by atoms with Crippen LogP contribution in [0.5, 0.6) is 0 Å². The van der Waals surface area contributed by atoms with Crippen molar-refractivity contribution in [2.75, 3.05) is 5.32 Å². The standard InChI is InChI=1S/C18H16N2O2/c1-12-8-9-16-14(10-12)17(21)15(11-20(16)2)18(22)19-13-6-4-3-5-7-13/h3-11H,1-2H3,(H,19,22). The Kier molecular flexibility index (Phi) is 3.51. The lowest BCUT2D eigenvalue weighted by Gasteiger charge is -2.10. The third-order valence-electron chi connectivity index (χ3n) is 3.62. The zero-order valence-electron chi connectivity index (χ0n) is 12.5. The second kappa shape index (κ2) is 5.48. The highest BCUT2D eigenvalue weighted by atomic mass is 16.2. The molecule has 3 aromatic rings. The molecule has 0 spiro atoms. The van der Waals surface area contributed by atoms with Gasteiger partial charge in [-0.2, -0.15) is 0 Å². The molecule has 22 heavy (non-hydrogen) atoms. The first kappa shape index (κ1) is 14.1. The van der Waals surface area contributed by atoms with Gasteiger partial charge in [0.2, 0.25) is 5.43 Å². The molecule has 4 heteroatoms. The molecule has 1 aromatic heterocycles. The van der Waals surface area contributed by atoms with Gasteiger partial charge in [-0.25, -0.2) is 0 Å². The van der Waals surface area contributed by atoms with Gasteiger partial charge in [0.1, 0.15) is 5.56 Å². The molecule has 110 valence electrons. The Hall–Kier alpha value is -2.88. The van der Waals surface area contributed by atoms with Crippen molar-refractivity contribution in [2.45, 2.75) is 6.92 Å². The van der Waals surface area contributed by atoms with Gasteiger partial charge in [0.25, 0.3) is 5.91 Å². The molecule has 2 aromatic carbocycles. The first-order valence-electron chi connectivity index (χ1n) is 7.02. The van der Waals surface area contributed by atoms with Crippen molar-refractivity contribution >= 4 is 22.5 Å². The van der Waals surface area contributed by atoms with E-state index in [9.17, 15) is 9.59 Å². The summed E-state index contributed by atoms with van der Waals surface area (Å²) < 4.78 is 1.80. The Bertz CT molecular complexity index is 912. The number of benzene rings is 2. The van der Waals surface area contributed by atoms with Crippen LogP contribution in [0.2, 0.25) is 0 Å². The number of nitrogens with zero attached hydrogens (tertiary/aromatic N) is 1. The molecule has 1 amide bonds. The van der Waals surface area contributed by atoms with Gasteiger partial charge in [-0.05, 0) is 31.2 Å². The number of aromatic nitrogens is 1. The fourth-order valence-electron chi connectivity index (χ4n) is 2.49. The average Bonchev–Trinajstić information content (AvgIpc) is 2.51. The third-order valence-corrected chi connectivity index (χ3v) is 3.62. The summed E-state index contributed by atoms with van der Waals surface area (Å²) in [4.78, 5) is 25.0. The van der Waals surface area contributed by atoms with Gasteiger partial charge in [-0.15, -0.1) is 0 Å². The van der Waals surface area contributed by atoms with E-state index in [1.54, 1.807) is 22.9 Å². The van der Waals surface area contributed by atoms with Crippen LogP contribution in [0.25, 0.3) is 10.9 Å². The van der Waals surface area contributed by atoms with Crippen LogP contribution in [-0.2, 0) is 7.05 Å². The number of rotatable bonds is 2. The first-order chi connectivity index (χ1) is 10.6. The highest BCUT2D eigenvalue weighted by Gasteiger charge is 2.14. The first-order valence-corrected chi connectivity index (χ1v) is 7.02. The van der Waals surface area contributed by atoms with Gasteiger partial charge < -0.3 is 9.88 Å². The topological polar surface area (TPSA) is 51.1 Å². The zero-order valence-corrected chi connectivity index (χ0v) is 12.5. The third kappa shape index (κ3) is 2.51. The molecule has 3 rings (SSSR count). The molecule has 0 aliphatic heterocycles. The molecule has 0 saturated heterocycles. The van der Waals surface area contributed by atoms with Crippen LogP contribution in [-0.4, -0.2) is 10.5 Å². The molecule has 1 heterocycles. The minimum atomic E-state index is -0.393.